The van der Waals surface area contributed by atoms with E-state index in [1.165, 1.54) is 18.7 Å². The van der Waals surface area contributed by atoms with Gasteiger partial charge in [0.25, 0.3) is 0 Å². The van der Waals surface area contributed by atoms with Crippen LogP contribution in [0.1, 0.15) is 31.6 Å². The van der Waals surface area contributed by atoms with E-state index in [1.54, 1.807) is 0 Å². The van der Waals surface area contributed by atoms with Crippen LogP contribution in [-0.4, -0.2) is 9.55 Å². The molecular weight excluding hydrogens is 208 g/mol. The molecule has 0 aliphatic carbocycles. The Morgan fingerprint density at radius 1 is 1.47 bits per heavy atom. The Morgan fingerprint density at radius 2 is 2.33 bits per heavy atom. The number of halogens is 1. The second kappa shape index (κ2) is 3.24. The van der Waals surface area contributed by atoms with Gasteiger partial charge >= 0.3 is 0 Å². The maximum Gasteiger partial charge on any atom is 0.110 e. The summed E-state index contributed by atoms with van der Waals surface area (Å²) in [5.74, 6) is 1.19. The van der Waals surface area contributed by atoms with Gasteiger partial charge in [-0.3, -0.25) is 0 Å². The van der Waals surface area contributed by atoms with Crippen LogP contribution in [0.25, 0.3) is 11.0 Å². The predicted octanol–water partition coefficient (Wildman–Crippen LogP) is 3.59. The number of nitrogens with zero attached hydrogens (tertiary/aromatic N) is 2. The molecule has 1 aliphatic rings. The van der Waals surface area contributed by atoms with Crippen LogP contribution in [0.5, 0.6) is 0 Å². The first-order valence-electron chi connectivity index (χ1n) is 5.42. The van der Waals surface area contributed by atoms with E-state index in [0.717, 1.165) is 22.5 Å². The number of imidazole rings is 1. The summed E-state index contributed by atoms with van der Waals surface area (Å²) in [6, 6.07) is 6.48. The van der Waals surface area contributed by atoms with Crippen molar-refractivity contribution in [2.75, 3.05) is 0 Å². The fraction of sp³-hybridized carbons (Fsp3) is 0.417. The van der Waals surface area contributed by atoms with Crippen LogP contribution in [0.15, 0.2) is 18.2 Å². The molecule has 1 aliphatic heterocycles. The summed E-state index contributed by atoms with van der Waals surface area (Å²) >= 11 is 6.24. The molecule has 2 nitrogen and oxygen atoms in total. The molecule has 1 aromatic heterocycles. The van der Waals surface area contributed by atoms with Gasteiger partial charge in [-0.15, -0.1) is 0 Å². The van der Waals surface area contributed by atoms with Crippen molar-refractivity contribution in [3.05, 3.63) is 29.0 Å². The minimum atomic E-state index is 0.527. The van der Waals surface area contributed by atoms with Crippen LogP contribution in [-0.2, 0) is 6.42 Å². The van der Waals surface area contributed by atoms with Gasteiger partial charge in [0.1, 0.15) is 5.82 Å². The van der Waals surface area contributed by atoms with Crippen molar-refractivity contribution in [1.29, 1.82) is 0 Å². The summed E-state index contributed by atoms with van der Waals surface area (Å²) in [6.07, 6.45) is 3.54. The van der Waals surface area contributed by atoms with Crippen molar-refractivity contribution in [1.82, 2.24) is 9.55 Å². The number of aromatic nitrogens is 2. The summed E-state index contributed by atoms with van der Waals surface area (Å²) < 4.78 is 2.31. The molecule has 2 aromatic rings. The van der Waals surface area contributed by atoms with E-state index in [1.807, 2.05) is 18.2 Å². The van der Waals surface area contributed by atoms with Crippen molar-refractivity contribution < 1.29 is 0 Å². The lowest BCUT2D eigenvalue weighted by Gasteiger charge is -2.22. The van der Waals surface area contributed by atoms with Crippen molar-refractivity contribution in [3.63, 3.8) is 0 Å². The van der Waals surface area contributed by atoms with Crippen molar-refractivity contribution >= 4 is 22.6 Å². The second-order valence-electron chi connectivity index (χ2n) is 4.25. The summed E-state index contributed by atoms with van der Waals surface area (Å²) in [7, 11) is 0. The first-order chi connectivity index (χ1) is 7.27. The molecule has 3 heteroatoms. The standard InChI is InChI=1S/C12H13ClN2/c1-8-4-2-7-11-14-10-6-3-5-9(13)12(10)15(8)11/h3,5-6,8H,2,4,7H2,1H3. The van der Waals surface area contributed by atoms with E-state index in [2.05, 4.69) is 16.5 Å². The molecule has 0 radical (unpaired) electrons. The minimum Gasteiger partial charge on any atom is -0.324 e. The van der Waals surface area contributed by atoms with Crippen LogP contribution in [0.2, 0.25) is 5.02 Å². The molecule has 0 saturated carbocycles. The predicted molar refractivity (Wildman–Crippen MR) is 62.4 cm³/mol. The largest absolute Gasteiger partial charge is 0.324 e. The number of hydrogen-bond donors (Lipinski definition) is 0. The molecule has 15 heavy (non-hydrogen) atoms. The van der Waals surface area contributed by atoms with Gasteiger partial charge in [-0.05, 0) is 31.9 Å². The average Bonchev–Trinajstić information content (AvgIpc) is 2.58. The van der Waals surface area contributed by atoms with Gasteiger partial charge in [-0.1, -0.05) is 17.7 Å². The fourth-order valence-corrected chi connectivity index (χ4v) is 2.75. The number of para-hydroxylation sites is 1. The zero-order valence-electron chi connectivity index (χ0n) is 8.70. The third kappa shape index (κ3) is 1.28. The summed E-state index contributed by atoms with van der Waals surface area (Å²) in [4.78, 5) is 4.64. The molecule has 0 saturated heterocycles. The lowest BCUT2D eigenvalue weighted by Crippen LogP contribution is -2.15. The number of fused-ring (bicyclic) bond motifs is 3. The highest BCUT2D eigenvalue weighted by atomic mass is 35.5. The molecule has 78 valence electrons. The molecule has 1 aromatic carbocycles. The van der Waals surface area contributed by atoms with Crippen molar-refractivity contribution in [3.8, 4) is 0 Å². The van der Waals surface area contributed by atoms with E-state index in [0.29, 0.717) is 6.04 Å². The molecule has 0 N–H and O–H groups in total. The highest BCUT2D eigenvalue weighted by molar-refractivity contribution is 6.35. The molecule has 0 fully saturated rings. The first kappa shape index (κ1) is 9.22. The fourth-order valence-electron chi connectivity index (χ4n) is 2.49. The van der Waals surface area contributed by atoms with Gasteiger partial charge in [-0.25, -0.2) is 4.98 Å². The monoisotopic (exact) mass is 220 g/mol. The molecule has 1 atom stereocenters. The maximum absolute atomic E-state index is 6.24. The Morgan fingerprint density at radius 3 is 3.20 bits per heavy atom. The zero-order chi connectivity index (χ0) is 10.4. The first-order valence-corrected chi connectivity index (χ1v) is 5.80. The van der Waals surface area contributed by atoms with E-state index in [-0.39, 0.29) is 0 Å². The van der Waals surface area contributed by atoms with Gasteiger partial charge in [0.15, 0.2) is 0 Å². The second-order valence-corrected chi connectivity index (χ2v) is 4.65. The summed E-state index contributed by atoms with van der Waals surface area (Å²) in [5, 5.41) is 0.819. The van der Waals surface area contributed by atoms with E-state index < -0.39 is 0 Å². The molecule has 0 amide bonds. The molecule has 0 bridgehead atoms. The molecule has 1 unspecified atom stereocenters. The topological polar surface area (TPSA) is 17.8 Å². The van der Waals surface area contributed by atoms with Gasteiger partial charge < -0.3 is 4.57 Å². The highest BCUT2D eigenvalue weighted by Gasteiger charge is 2.21. The number of hydrogen-bond acceptors (Lipinski definition) is 1. The third-order valence-corrected chi connectivity index (χ3v) is 3.50. The van der Waals surface area contributed by atoms with E-state index in [9.17, 15) is 0 Å². The van der Waals surface area contributed by atoms with E-state index >= 15 is 0 Å². The maximum atomic E-state index is 6.24. The van der Waals surface area contributed by atoms with Gasteiger partial charge in [0, 0.05) is 12.5 Å². The van der Waals surface area contributed by atoms with Gasteiger partial charge in [0.2, 0.25) is 0 Å². The van der Waals surface area contributed by atoms with Crippen LogP contribution in [0.3, 0.4) is 0 Å². The third-order valence-electron chi connectivity index (χ3n) is 3.20. The number of rotatable bonds is 0. The van der Waals surface area contributed by atoms with Gasteiger partial charge in [-0.2, -0.15) is 0 Å². The zero-order valence-corrected chi connectivity index (χ0v) is 9.46. The van der Waals surface area contributed by atoms with Gasteiger partial charge in [0.05, 0.1) is 16.1 Å². The number of aryl methyl sites for hydroxylation is 1. The molecular formula is C12H13ClN2. The Bertz CT molecular complexity index is 516. The van der Waals surface area contributed by atoms with Crippen molar-refractivity contribution in [2.24, 2.45) is 0 Å². The smallest absolute Gasteiger partial charge is 0.110 e. The summed E-state index contributed by atoms with van der Waals surface area (Å²) in [6.45, 7) is 2.24. The van der Waals surface area contributed by atoms with Crippen LogP contribution in [0, 0.1) is 0 Å². The quantitative estimate of drug-likeness (QED) is 0.664. The SMILES string of the molecule is CC1CCCc2nc3cccc(Cl)c3n21. The van der Waals surface area contributed by atoms with Crippen LogP contribution < -0.4 is 0 Å². The molecule has 0 spiro atoms. The normalized spacial score (nSPS) is 20.5. The van der Waals surface area contributed by atoms with Crippen LogP contribution in [0.4, 0.5) is 0 Å². The lowest BCUT2D eigenvalue weighted by molar-refractivity contribution is 0.436. The Labute approximate surface area is 93.9 Å². The van der Waals surface area contributed by atoms with Crippen molar-refractivity contribution in [2.45, 2.75) is 32.2 Å². The van der Waals surface area contributed by atoms with E-state index in [4.69, 9.17) is 11.6 Å². The summed E-state index contributed by atoms with van der Waals surface area (Å²) in [5.41, 5.74) is 2.15. The highest BCUT2D eigenvalue weighted by Crippen LogP contribution is 2.32. The Balaban J connectivity index is 2.38. The molecule has 2 heterocycles. The number of benzene rings is 1. The Hall–Kier alpha value is -1.02. The average molecular weight is 221 g/mol. The van der Waals surface area contributed by atoms with Crippen LogP contribution >= 0.6 is 11.6 Å². The molecule has 3 rings (SSSR count). The Kier molecular flexibility index (Phi) is 1.99. The lowest BCUT2D eigenvalue weighted by atomic mass is 10.1. The minimum absolute atomic E-state index is 0.527.